The van der Waals surface area contributed by atoms with Gasteiger partial charge in [-0.05, 0) is 42.8 Å². The van der Waals surface area contributed by atoms with Crippen molar-refractivity contribution in [2.45, 2.75) is 31.5 Å². The topological polar surface area (TPSA) is 69.0 Å². The number of unbranched alkanes of at least 4 members (excludes halogenated alkanes) is 1. The fourth-order valence-corrected chi connectivity index (χ4v) is 4.51. The molecular formula is C21H21Cl3N4O2S. The Kier molecular flexibility index (Phi) is 8.49. The van der Waals surface area contributed by atoms with E-state index in [1.807, 2.05) is 28.8 Å². The predicted molar refractivity (Wildman–Crippen MR) is 128 cm³/mol. The molecule has 3 aromatic rings. The molecule has 0 radical (unpaired) electrons. The van der Waals surface area contributed by atoms with Gasteiger partial charge in [0.15, 0.2) is 11.0 Å². The van der Waals surface area contributed by atoms with Gasteiger partial charge in [0.1, 0.15) is 5.75 Å². The van der Waals surface area contributed by atoms with Crippen LogP contribution in [-0.2, 0) is 11.3 Å². The summed E-state index contributed by atoms with van der Waals surface area (Å²) in [7, 11) is 1.63. The molecule has 1 N–H and O–H groups in total. The Morgan fingerprint density at radius 2 is 1.81 bits per heavy atom. The highest BCUT2D eigenvalue weighted by Gasteiger charge is 2.17. The molecule has 31 heavy (non-hydrogen) atoms. The van der Waals surface area contributed by atoms with Gasteiger partial charge in [0.05, 0.1) is 28.6 Å². The van der Waals surface area contributed by atoms with Crippen LogP contribution in [0.15, 0.2) is 41.6 Å². The maximum atomic E-state index is 12.5. The number of anilines is 1. The molecule has 0 aliphatic heterocycles. The van der Waals surface area contributed by atoms with Crippen LogP contribution in [0.1, 0.15) is 19.8 Å². The molecule has 1 heterocycles. The number of hydrogen-bond donors (Lipinski definition) is 1. The van der Waals surface area contributed by atoms with Crippen LogP contribution in [0, 0.1) is 0 Å². The summed E-state index contributed by atoms with van der Waals surface area (Å²) in [6, 6.07) is 10.7. The molecule has 0 atom stereocenters. The van der Waals surface area contributed by atoms with E-state index < -0.39 is 0 Å². The van der Waals surface area contributed by atoms with Crippen LogP contribution in [-0.4, -0.2) is 33.5 Å². The van der Waals surface area contributed by atoms with Crippen molar-refractivity contribution in [1.29, 1.82) is 0 Å². The maximum Gasteiger partial charge on any atom is 0.234 e. The fraction of sp³-hybridized carbons (Fsp3) is 0.286. The zero-order valence-electron chi connectivity index (χ0n) is 17.0. The molecular weight excluding hydrogens is 479 g/mol. The van der Waals surface area contributed by atoms with Crippen LogP contribution in [0.3, 0.4) is 0 Å². The number of thioether (sulfide) groups is 1. The smallest absolute Gasteiger partial charge is 0.234 e. The maximum absolute atomic E-state index is 12.5. The molecule has 1 aromatic heterocycles. The second kappa shape index (κ2) is 11.1. The van der Waals surface area contributed by atoms with E-state index in [2.05, 4.69) is 22.4 Å². The van der Waals surface area contributed by atoms with E-state index >= 15 is 0 Å². The first kappa shape index (κ1) is 23.7. The Hall–Kier alpha value is -1.93. The monoisotopic (exact) mass is 498 g/mol. The van der Waals surface area contributed by atoms with Gasteiger partial charge in [0.2, 0.25) is 5.91 Å². The summed E-state index contributed by atoms with van der Waals surface area (Å²) in [5, 5.41) is 13.0. The van der Waals surface area contributed by atoms with Gasteiger partial charge >= 0.3 is 0 Å². The van der Waals surface area contributed by atoms with E-state index in [1.165, 1.54) is 23.9 Å². The number of benzene rings is 2. The van der Waals surface area contributed by atoms with Crippen LogP contribution < -0.4 is 10.1 Å². The zero-order valence-corrected chi connectivity index (χ0v) is 20.1. The fourth-order valence-electron chi connectivity index (χ4n) is 2.83. The van der Waals surface area contributed by atoms with Crippen LogP contribution in [0.5, 0.6) is 5.75 Å². The normalized spacial score (nSPS) is 10.9. The van der Waals surface area contributed by atoms with E-state index in [9.17, 15) is 4.79 Å². The Morgan fingerprint density at radius 1 is 1.13 bits per heavy atom. The van der Waals surface area contributed by atoms with E-state index in [0.29, 0.717) is 15.9 Å². The van der Waals surface area contributed by atoms with Crippen LogP contribution in [0.4, 0.5) is 5.69 Å². The second-order valence-corrected chi connectivity index (χ2v) is 8.81. The highest BCUT2D eigenvalue weighted by atomic mass is 35.5. The third-order valence-corrected chi connectivity index (χ3v) is 6.19. The summed E-state index contributed by atoms with van der Waals surface area (Å²) in [6.07, 6.45) is 2.00. The SMILES string of the molecule is CCCCn1c(SCC(=O)Nc2c(Cl)cc(Cl)cc2Cl)nnc1-c1ccc(OC)cc1. The summed E-state index contributed by atoms with van der Waals surface area (Å²) in [5.74, 6) is 1.39. The van der Waals surface area contributed by atoms with Gasteiger partial charge in [0, 0.05) is 17.1 Å². The van der Waals surface area contributed by atoms with Crippen LogP contribution in [0.2, 0.25) is 15.1 Å². The highest BCUT2D eigenvalue weighted by molar-refractivity contribution is 7.99. The molecule has 0 saturated carbocycles. The number of rotatable bonds is 9. The van der Waals surface area contributed by atoms with E-state index in [4.69, 9.17) is 39.5 Å². The van der Waals surface area contributed by atoms with Gasteiger partial charge in [-0.25, -0.2) is 0 Å². The summed E-state index contributed by atoms with van der Waals surface area (Å²) in [5.41, 5.74) is 1.27. The molecule has 164 valence electrons. The molecule has 0 aliphatic carbocycles. The molecule has 1 amide bonds. The second-order valence-electron chi connectivity index (χ2n) is 6.62. The van der Waals surface area contributed by atoms with Gasteiger partial charge in [-0.1, -0.05) is 59.9 Å². The molecule has 0 fully saturated rings. The molecule has 0 spiro atoms. The summed E-state index contributed by atoms with van der Waals surface area (Å²) in [4.78, 5) is 12.5. The minimum atomic E-state index is -0.257. The Balaban J connectivity index is 1.75. The minimum Gasteiger partial charge on any atom is -0.497 e. The molecule has 3 rings (SSSR count). The quantitative estimate of drug-likeness (QED) is 0.343. The predicted octanol–water partition coefficient (Wildman–Crippen LogP) is 6.44. The third-order valence-electron chi connectivity index (χ3n) is 4.40. The van der Waals surface area contributed by atoms with Crippen molar-refractivity contribution in [2.75, 3.05) is 18.2 Å². The van der Waals surface area contributed by atoms with Gasteiger partial charge in [-0.2, -0.15) is 0 Å². The van der Waals surface area contributed by atoms with Gasteiger partial charge in [0.25, 0.3) is 0 Å². The molecule has 2 aromatic carbocycles. The van der Waals surface area contributed by atoms with Crippen molar-refractivity contribution in [3.63, 3.8) is 0 Å². The number of aromatic nitrogens is 3. The number of nitrogens with one attached hydrogen (secondary N) is 1. The average Bonchev–Trinajstić information content (AvgIpc) is 3.16. The van der Waals surface area contributed by atoms with Crippen molar-refractivity contribution >= 4 is 58.2 Å². The lowest BCUT2D eigenvalue weighted by Gasteiger charge is -2.11. The first-order valence-electron chi connectivity index (χ1n) is 9.57. The Morgan fingerprint density at radius 3 is 2.42 bits per heavy atom. The summed E-state index contributed by atoms with van der Waals surface area (Å²) in [6.45, 7) is 2.88. The Labute approximate surface area is 200 Å². The van der Waals surface area contributed by atoms with Crippen molar-refractivity contribution < 1.29 is 9.53 Å². The molecule has 0 aliphatic rings. The molecule has 0 unspecified atom stereocenters. The lowest BCUT2D eigenvalue weighted by atomic mass is 10.2. The number of halogens is 3. The highest BCUT2D eigenvalue weighted by Crippen LogP contribution is 2.34. The summed E-state index contributed by atoms with van der Waals surface area (Å²) >= 11 is 19.5. The van der Waals surface area contributed by atoms with E-state index in [1.54, 1.807) is 7.11 Å². The average molecular weight is 500 g/mol. The van der Waals surface area contributed by atoms with Crippen molar-refractivity contribution in [2.24, 2.45) is 0 Å². The Bertz CT molecular complexity index is 1030. The molecule has 6 nitrogen and oxygen atoms in total. The number of ether oxygens (including phenoxy) is 1. The number of hydrogen-bond acceptors (Lipinski definition) is 5. The van der Waals surface area contributed by atoms with E-state index in [0.717, 1.165) is 36.5 Å². The standard InChI is InChI=1S/C21H21Cl3N4O2S/c1-3-4-9-28-20(13-5-7-15(30-2)8-6-13)26-27-21(28)31-12-18(29)25-19-16(23)10-14(22)11-17(19)24/h5-8,10-11H,3-4,9,12H2,1-2H3,(H,25,29). The van der Waals surface area contributed by atoms with E-state index in [-0.39, 0.29) is 21.7 Å². The van der Waals surface area contributed by atoms with Crippen LogP contribution >= 0.6 is 46.6 Å². The third kappa shape index (κ3) is 6.07. The molecule has 0 saturated heterocycles. The number of amides is 1. The van der Waals surface area contributed by atoms with Crippen molar-refractivity contribution in [3.05, 3.63) is 51.5 Å². The number of nitrogens with zero attached hydrogens (tertiary/aromatic N) is 3. The minimum absolute atomic E-state index is 0.127. The van der Waals surface area contributed by atoms with Gasteiger partial charge < -0.3 is 14.6 Å². The van der Waals surface area contributed by atoms with Crippen molar-refractivity contribution in [3.8, 4) is 17.1 Å². The lowest BCUT2D eigenvalue weighted by molar-refractivity contribution is -0.113. The first-order chi connectivity index (χ1) is 14.9. The van der Waals surface area contributed by atoms with Gasteiger partial charge in [-0.3, -0.25) is 4.79 Å². The van der Waals surface area contributed by atoms with Crippen LogP contribution in [0.25, 0.3) is 11.4 Å². The number of carbonyl (C=O) groups excluding carboxylic acids is 1. The number of carbonyl (C=O) groups is 1. The molecule has 0 bridgehead atoms. The lowest BCUT2D eigenvalue weighted by Crippen LogP contribution is -2.15. The first-order valence-corrected chi connectivity index (χ1v) is 11.7. The van der Waals surface area contributed by atoms with Gasteiger partial charge in [-0.15, -0.1) is 10.2 Å². The van der Waals surface area contributed by atoms with Crippen molar-refractivity contribution in [1.82, 2.24) is 14.8 Å². The molecule has 10 heteroatoms. The number of methoxy groups -OCH3 is 1. The zero-order chi connectivity index (χ0) is 22.4. The summed E-state index contributed by atoms with van der Waals surface area (Å²) < 4.78 is 7.26. The largest absolute Gasteiger partial charge is 0.497 e.